The average Bonchev–Trinajstić information content (AvgIpc) is 3.02. The van der Waals surface area contributed by atoms with E-state index in [0.717, 1.165) is 25.1 Å². The van der Waals surface area contributed by atoms with Crippen molar-refractivity contribution < 1.29 is 9.90 Å². The van der Waals surface area contributed by atoms with Gasteiger partial charge in [0.2, 0.25) is 0 Å². The maximum Gasteiger partial charge on any atom is 0.317 e. The summed E-state index contributed by atoms with van der Waals surface area (Å²) in [5, 5.41) is 12.2. The van der Waals surface area contributed by atoms with E-state index in [4.69, 9.17) is 0 Å². The normalized spacial score (nSPS) is 18.0. The molecule has 1 atom stereocenters. The van der Waals surface area contributed by atoms with Crippen molar-refractivity contribution in [1.82, 2.24) is 15.1 Å². The number of carbonyl (C=O) groups excluding carboxylic acids is 1. The molecule has 1 aromatic rings. The third kappa shape index (κ3) is 4.94. The number of rotatable bonds is 6. The summed E-state index contributed by atoms with van der Waals surface area (Å²) in [6.45, 7) is 7.31. The summed E-state index contributed by atoms with van der Waals surface area (Å²) < 4.78 is 0. The molecule has 0 saturated carbocycles. The summed E-state index contributed by atoms with van der Waals surface area (Å²) in [5.74, 6) is 0.229. The van der Waals surface area contributed by atoms with Crippen LogP contribution in [0.4, 0.5) is 4.79 Å². The van der Waals surface area contributed by atoms with Gasteiger partial charge >= 0.3 is 6.03 Å². The predicted molar refractivity (Wildman–Crippen MR) is 92.0 cm³/mol. The Morgan fingerprint density at radius 2 is 2.09 bits per heavy atom. The number of urea groups is 1. The molecule has 2 amide bonds. The monoisotopic (exact) mass is 319 g/mol. The standard InChI is InChI=1S/C18H29N3O2/c1-14(2)20(3)12-17-7-5-4-6-16(17)10-19-18(23)21-9-8-15(11-21)13-22/h4-7,14-15,22H,8-13H2,1-3H3,(H,19,23). The number of hydrogen-bond donors (Lipinski definition) is 2. The van der Waals surface area contributed by atoms with E-state index in [1.165, 1.54) is 5.56 Å². The molecule has 2 rings (SSSR count). The highest BCUT2D eigenvalue weighted by atomic mass is 16.3. The molecule has 2 N–H and O–H groups in total. The van der Waals surface area contributed by atoms with Gasteiger partial charge in [-0.1, -0.05) is 24.3 Å². The number of nitrogens with one attached hydrogen (secondary N) is 1. The van der Waals surface area contributed by atoms with Gasteiger partial charge in [0.1, 0.15) is 0 Å². The Morgan fingerprint density at radius 3 is 2.70 bits per heavy atom. The number of aliphatic hydroxyl groups is 1. The third-order valence-electron chi connectivity index (χ3n) is 4.68. The summed E-state index contributed by atoms with van der Waals surface area (Å²) in [5.41, 5.74) is 2.41. The molecular formula is C18H29N3O2. The van der Waals surface area contributed by atoms with Gasteiger partial charge in [-0.3, -0.25) is 4.90 Å². The Bertz CT molecular complexity index is 519. The lowest BCUT2D eigenvalue weighted by Gasteiger charge is -2.23. The lowest BCUT2D eigenvalue weighted by Crippen LogP contribution is -2.38. The molecule has 0 aromatic heterocycles. The fourth-order valence-electron chi connectivity index (χ4n) is 2.78. The van der Waals surface area contributed by atoms with Crippen LogP contribution in [0.25, 0.3) is 0 Å². The minimum absolute atomic E-state index is 0.0343. The fraction of sp³-hybridized carbons (Fsp3) is 0.611. The van der Waals surface area contributed by atoms with Gasteiger partial charge in [0.05, 0.1) is 0 Å². The lowest BCUT2D eigenvalue weighted by atomic mass is 10.1. The van der Waals surface area contributed by atoms with Crippen LogP contribution in [-0.4, -0.2) is 53.7 Å². The van der Waals surface area contributed by atoms with Crippen LogP contribution in [0.15, 0.2) is 24.3 Å². The molecule has 5 nitrogen and oxygen atoms in total. The Morgan fingerprint density at radius 1 is 1.39 bits per heavy atom. The van der Waals surface area contributed by atoms with Crippen LogP contribution in [-0.2, 0) is 13.1 Å². The van der Waals surface area contributed by atoms with Crippen LogP contribution < -0.4 is 5.32 Å². The van der Waals surface area contributed by atoms with Crippen molar-refractivity contribution in [2.75, 3.05) is 26.7 Å². The number of carbonyl (C=O) groups is 1. The maximum atomic E-state index is 12.2. The number of hydrogen-bond acceptors (Lipinski definition) is 3. The number of aliphatic hydroxyl groups excluding tert-OH is 1. The number of benzene rings is 1. The first-order valence-corrected chi connectivity index (χ1v) is 8.42. The molecular weight excluding hydrogens is 290 g/mol. The highest BCUT2D eigenvalue weighted by Crippen LogP contribution is 2.16. The molecule has 1 heterocycles. The van der Waals surface area contributed by atoms with Gasteiger partial charge in [-0.15, -0.1) is 0 Å². The van der Waals surface area contributed by atoms with Crippen molar-refractivity contribution in [2.45, 2.75) is 39.4 Å². The van der Waals surface area contributed by atoms with Crippen LogP contribution in [0.1, 0.15) is 31.4 Å². The quantitative estimate of drug-likeness (QED) is 0.844. The SMILES string of the molecule is CC(C)N(C)Cc1ccccc1CNC(=O)N1CCC(CO)C1. The van der Waals surface area contributed by atoms with Crippen molar-refractivity contribution in [3.05, 3.63) is 35.4 Å². The predicted octanol–water partition coefficient (Wildman–Crippen LogP) is 2.05. The molecule has 0 bridgehead atoms. The summed E-state index contributed by atoms with van der Waals surface area (Å²) in [4.78, 5) is 16.3. The Hall–Kier alpha value is -1.59. The number of nitrogens with zero attached hydrogens (tertiary/aromatic N) is 2. The van der Waals surface area contributed by atoms with Crippen molar-refractivity contribution in [2.24, 2.45) is 5.92 Å². The van der Waals surface area contributed by atoms with Crippen molar-refractivity contribution in [1.29, 1.82) is 0 Å². The largest absolute Gasteiger partial charge is 0.396 e. The molecule has 1 fully saturated rings. The van der Waals surface area contributed by atoms with Gasteiger partial charge in [-0.05, 0) is 38.4 Å². The second kappa shape index (κ2) is 8.31. The average molecular weight is 319 g/mol. The molecule has 1 unspecified atom stereocenters. The number of amides is 2. The topological polar surface area (TPSA) is 55.8 Å². The summed E-state index contributed by atoms with van der Waals surface area (Å²) >= 11 is 0. The van der Waals surface area contributed by atoms with E-state index in [2.05, 4.69) is 43.2 Å². The molecule has 1 aliphatic rings. The Kier molecular flexibility index (Phi) is 6.42. The molecule has 128 valence electrons. The van der Waals surface area contributed by atoms with E-state index in [1.54, 1.807) is 4.90 Å². The van der Waals surface area contributed by atoms with Gasteiger partial charge in [0.25, 0.3) is 0 Å². The molecule has 5 heteroatoms. The molecule has 23 heavy (non-hydrogen) atoms. The molecule has 0 radical (unpaired) electrons. The highest BCUT2D eigenvalue weighted by molar-refractivity contribution is 5.74. The van der Waals surface area contributed by atoms with Gasteiger partial charge in [-0.25, -0.2) is 4.79 Å². The van der Waals surface area contributed by atoms with Gasteiger partial charge < -0.3 is 15.3 Å². The number of likely N-dealkylation sites (tertiary alicyclic amines) is 1. The second-order valence-corrected chi connectivity index (χ2v) is 6.72. The van der Waals surface area contributed by atoms with E-state index in [-0.39, 0.29) is 18.6 Å². The van der Waals surface area contributed by atoms with E-state index < -0.39 is 0 Å². The van der Waals surface area contributed by atoms with Crippen molar-refractivity contribution in [3.63, 3.8) is 0 Å². The third-order valence-corrected chi connectivity index (χ3v) is 4.68. The van der Waals surface area contributed by atoms with Crippen LogP contribution >= 0.6 is 0 Å². The second-order valence-electron chi connectivity index (χ2n) is 6.72. The molecule has 1 aliphatic heterocycles. The fourth-order valence-corrected chi connectivity index (χ4v) is 2.78. The van der Waals surface area contributed by atoms with Crippen LogP contribution in [0.2, 0.25) is 0 Å². The summed E-state index contributed by atoms with van der Waals surface area (Å²) in [6, 6.07) is 8.70. The maximum absolute atomic E-state index is 12.2. The smallest absolute Gasteiger partial charge is 0.317 e. The van der Waals surface area contributed by atoms with Gasteiger partial charge in [-0.2, -0.15) is 0 Å². The van der Waals surface area contributed by atoms with E-state index in [9.17, 15) is 9.90 Å². The highest BCUT2D eigenvalue weighted by Gasteiger charge is 2.25. The zero-order valence-electron chi connectivity index (χ0n) is 14.5. The van der Waals surface area contributed by atoms with Gasteiger partial charge in [0, 0.05) is 44.7 Å². The zero-order valence-corrected chi connectivity index (χ0v) is 14.5. The minimum Gasteiger partial charge on any atom is -0.396 e. The summed E-state index contributed by atoms with van der Waals surface area (Å²) in [7, 11) is 2.11. The van der Waals surface area contributed by atoms with Crippen LogP contribution in [0.5, 0.6) is 0 Å². The van der Waals surface area contributed by atoms with E-state index in [0.29, 0.717) is 19.1 Å². The van der Waals surface area contributed by atoms with E-state index in [1.807, 2.05) is 12.1 Å². The Balaban J connectivity index is 1.91. The first-order chi connectivity index (χ1) is 11.0. The molecule has 1 aromatic carbocycles. The van der Waals surface area contributed by atoms with Gasteiger partial charge in [0.15, 0.2) is 0 Å². The molecule has 0 spiro atoms. The zero-order chi connectivity index (χ0) is 16.8. The first-order valence-electron chi connectivity index (χ1n) is 8.42. The van der Waals surface area contributed by atoms with Crippen molar-refractivity contribution in [3.8, 4) is 0 Å². The molecule has 0 aliphatic carbocycles. The molecule has 1 saturated heterocycles. The Labute approximate surface area is 139 Å². The van der Waals surface area contributed by atoms with Crippen LogP contribution in [0, 0.1) is 5.92 Å². The first kappa shape index (κ1) is 17.8. The minimum atomic E-state index is -0.0343. The van der Waals surface area contributed by atoms with Crippen molar-refractivity contribution >= 4 is 6.03 Å². The van der Waals surface area contributed by atoms with E-state index >= 15 is 0 Å². The lowest BCUT2D eigenvalue weighted by molar-refractivity contribution is 0.198. The van der Waals surface area contributed by atoms with Crippen LogP contribution in [0.3, 0.4) is 0 Å². The summed E-state index contributed by atoms with van der Waals surface area (Å²) in [6.07, 6.45) is 0.889.